The number of rotatable bonds is 8. The number of alkyl halides is 2. The molecule has 0 aromatic carbocycles. The minimum Gasteiger partial charge on any atom is -0.390 e. The van der Waals surface area contributed by atoms with Gasteiger partial charge in [0.2, 0.25) is 6.43 Å². The summed E-state index contributed by atoms with van der Waals surface area (Å²) in [5.41, 5.74) is -1.07. The first-order chi connectivity index (χ1) is 17.0. The minimum absolute atomic E-state index is 0.00949. The maximum absolute atomic E-state index is 13.4. The Morgan fingerprint density at radius 3 is 2.08 bits per heavy atom. The van der Waals surface area contributed by atoms with E-state index in [0.717, 1.165) is 44.4 Å². The van der Waals surface area contributed by atoms with Crippen molar-refractivity contribution in [2.24, 2.45) is 51.2 Å². The molecule has 0 bridgehead atoms. The van der Waals surface area contributed by atoms with Gasteiger partial charge >= 0.3 is 0 Å². The molecule has 0 spiro atoms. The van der Waals surface area contributed by atoms with Crippen LogP contribution in [-0.2, 0) is 4.74 Å². The summed E-state index contributed by atoms with van der Waals surface area (Å²) in [4.78, 5) is 0. The van der Waals surface area contributed by atoms with Crippen LogP contribution in [0.15, 0.2) is 0 Å². The average Bonchev–Trinajstić information content (AvgIpc) is 3.14. The van der Waals surface area contributed by atoms with Crippen LogP contribution in [0.5, 0.6) is 0 Å². The van der Waals surface area contributed by atoms with Crippen molar-refractivity contribution in [2.45, 2.75) is 144 Å². The zero-order valence-corrected chi connectivity index (χ0v) is 25.0. The smallest absolute Gasteiger partial charge is 0.245 e. The molecular formula is C32H56F2O3. The van der Waals surface area contributed by atoms with Crippen molar-refractivity contribution in [2.75, 3.05) is 6.61 Å². The summed E-state index contributed by atoms with van der Waals surface area (Å²) < 4.78 is 32.8. The number of fused-ring (bicyclic) bond motifs is 5. The molecule has 0 radical (unpaired) electrons. The van der Waals surface area contributed by atoms with Crippen LogP contribution < -0.4 is 0 Å². The van der Waals surface area contributed by atoms with E-state index in [0.29, 0.717) is 23.2 Å². The van der Waals surface area contributed by atoms with Crippen LogP contribution in [0.25, 0.3) is 0 Å². The summed E-state index contributed by atoms with van der Waals surface area (Å²) >= 11 is 0. The van der Waals surface area contributed by atoms with Gasteiger partial charge in [0.25, 0.3) is 0 Å². The summed E-state index contributed by atoms with van der Waals surface area (Å²) in [6.45, 7) is 16.9. The van der Waals surface area contributed by atoms with Crippen LogP contribution in [0.1, 0.15) is 120 Å². The molecule has 0 aromatic rings. The molecule has 5 heteroatoms. The molecule has 4 fully saturated rings. The van der Waals surface area contributed by atoms with Crippen molar-refractivity contribution in [3.05, 3.63) is 0 Å². The molecule has 4 aliphatic rings. The van der Waals surface area contributed by atoms with Gasteiger partial charge in [-0.2, -0.15) is 0 Å². The van der Waals surface area contributed by atoms with Gasteiger partial charge in [0.1, 0.15) is 0 Å². The molecule has 0 saturated heterocycles. The highest BCUT2D eigenvalue weighted by Gasteiger charge is 2.66. The van der Waals surface area contributed by atoms with Crippen LogP contribution in [-0.4, -0.2) is 41.1 Å². The van der Waals surface area contributed by atoms with Gasteiger partial charge < -0.3 is 14.9 Å². The zero-order valence-electron chi connectivity index (χ0n) is 25.0. The standard InChI is InChI=1S/C32H56F2O3/c1-20(11-15-29(4,5)36)21-9-10-24-30(21,6)18-14-25-31(7)17-13-23(37-19-28(2,3)27(33)34)26(35)22(31)12-16-32(24,25)8/h20-27,35-36H,9-19H2,1-8H3/t20-,21-,22+,23+,24-,25-,26-,30-,31+,32+/m1/s1. The third kappa shape index (κ3) is 5.17. The third-order valence-electron chi connectivity index (χ3n) is 12.5. The van der Waals surface area contributed by atoms with Crippen molar-refractivity contribution in [3.8, 4) is 0 Å². The number of halogens is 2. The van der Waals surface area contributed by atoms with Gasteiger partial charge in [0, 0.05) is 5.41 Å². The van der Waals surface area contributed by atoms with Gasteiger partial charge in [0.05, 0.1) is 24.4 Å². The molecule has 0 heterocycles. The van der Waals surface area contributed by atoms with Crippen LogP contribution in [0, 0.1) is 51.2 Å². The number of aliphatic hydroxyl groups excluding tert-OH is 1. The molecule has 2 N–H and O–H groups in total. The molecule has 0 unspecified atom stereocenters. The summed E-state index contributed by atoms with van der Waals surface area (Å²) in [6.07, 6.45) is 7.65. The van der Waals surface area contributed by atoms with E-state index in [-0.39, 0.29) is 29.5 Å². The number of ether oxygens (including phenoxy) is 1. The second kappa shape index (κ2) is 9.98. The van der Waals surface area contributed by atoms with Crippen molar-refractivity contribution in [1.82, 2.24) is 0 Å². The fraction of sp³-hybridized carbons (Fsp3) is 1.00. The second-order valence-electron chi connectivity index (χ2n) is 16.0. The Balaban J connectivity index is 1.48. The SMILES string of the molecule is C[C@H](CCC(C)(C)O)[C@H]1CC[C@H]2[C@]3(C)CC[C@H]4[C@@H](O)[C@@H](OCC(C)(C)C(F)F)CC[C@]4(C)[C@H]3CC[C@@]21C. The van der Waals surface area contributed by atoms with E-state index in [4.69, 9.17) is 4.74 Å². The van der Waals surface area contributed by atoms with Crippen molar-refractivity contribution >= 4 is 0 Å². The molecule has 3 nitrogen and oxygen atoms in total. The normalized spacial score (nSPS) is 45.3. The van der Waals surface area contributed by atoms with E-state index in [1.165, 1.54) is 25.7 Å². The Bertz CT molecular complexity index is 808. The summed E-state index contributed by atoms with van der Waals surface area (Å²) in [7, 11) is 0. The zero-order chi connectivity index (χ0) is 27.6. The van der Waals surface area contributed by atoms with E-state index in [1.807, 2.05) is 13.8 Å². The first-order valence-electron chi connectivity index (χ1n) is 15.3. The van der Waals surface area contributed by atoms with Crippen LogP contribution in [0.3, 0.4) is 0 Å². The Morgan fingerprint density at radius 1 is 0.865 bits per heavy atom. The van der Waals surface area contributed by atoms with Gasteiger partial charge in [-0.1, -0.05) is 41.5 Å². The maximum Gasteiger partial charge on any atom is 0.245 e. The molecule has 4 rings (SSSR count). The number of hydrogen-bond acceptors (Lipinski definition) is 3. The molecule has 37 heavy (non-hydrogen) atoms. The van der Waals surface area contributed by atoms with E-state index < -0.39 is 23.5 Å². The van der Waals surface area contributed by atoms with Gasteiger partial charge in [-0.3, -0.25) is 0 Å². The fourth-order valence-corrected chi connectivity index (χ4v) is 10.3. The lowest BCUT2D eigenvalue weighted by molar-refractivity contribution is -0.218. The lowest BCUT2D eigenvalue weighted by Crippen LogP contribution is -2.62. The van der Waals surface area contributed by atoms with E-state index >= 15 is 0 Å². The lowest BCUT2D eigenvalue weighted by atomic mass is 9.39. The Kier molecular flexibility index (Phi) is 8.02. The molecule has 4 aliphatic carbocycles. The van der Waals surface area contributed by atoms with Crippen molar-refractivity contribution < 1.29 is 23.7 Å². The van der Waals surface area contributed by atoms with Gasteiger partial charge in [-0.25, -0.2) is 8.78 Å². The van der Waals surface area contributed by atoms with E-state index in [1.54, 1.807) is 13.8 Å². The Hall–Kier alpha value is -0.260. The highest BCUT2D eigenvalue weighted by atomic mass is 19.3. The van der Waals surface area contributed by atoms with Gasteiger partial charge in [-0.15, -0.1) is 0 Å². The predicted octanol–water partition coefficient (Wildman–Crippen LogP) is 7.87. The molecule has 4 saturated carbocycles. The molecular weight excluding hydrogens is 470 g/mol. The van der Waals surface area contributed by atoms with Gasteiger partial charge in [-0.05, 0) is 124 Å². The lowest BCUT2D eigenvalue weighted by Gasteiger charge is -2.67. The van der Waals surface area contributed by atoms with E-state index in [9.17, 15) is 19.0 Å². The molecule has 0 aliphatic heterocycles. The van der Waals surface area contributed by atoms with Crippen molar-refractivity contribution in [1.29, 1.82) is 0 Å². The first kappa shape index (κ1) is 29.7. The highest BCUT2D eigenvalue weighted by Crippen LogP contribution is 2.73. The quantitative estimate of drug-likeness (QED) is 0.338. The molecule has 0 amide bonds. The van der Waals surface area contributed by atoms with E-state index in [2.05, 4.69) is 27.7 Å². The maximum atomic E-state index is 13.4. The molecule has 0 aromatic heterocycles. The molecule has 216 valence electrons. The first-order valence-corrected chi connectivity index (χ1v) is 15.3. The summed E-state index contributed by atoms with van der Waals surface area (Å²) in [5, 5.41) is 21.8. The summed E-state index contributed by atoms with van der Waals surface area (Å²) in [6, 6.07) is 0. The average molecular weight is 527 g/mol. The van der Waals surface area contributed by atoms with Crippen LogP contribution in [0.4, 0.5) is 8.78 Å². The minimum atomic E-state index is -2.43. The summed E-state index contributed by atoms with van der Waals surface area (Å²) in [5.74, 6) is 2.84. The third-order valence-corrected chi connectivity index (χ3v) is 12.5. The van der Waals surface area contributed by atoms with Gasteiger partial charge in [0.15, 0.2) is 0 Å². The fourth-order valence-electron chi connectivity index (χ4n) is 10.3. The predicted molar refractivity (Wildman–Crippen MR) is 145 cm³/mol. The largest absolute Gasteiger partial charge is 0.390 e. The molecule has 10 atom stereocenters. The number of aliphatic hydroxyl groups is 2. The Labute approximate surface area is 225 Å². The number of hydrogen-bond donors (Lipinski definition) is 2. The second-order valence-corrected chi connectivity index (χ2v) is 16.0. The highest BCUT2D eigenvalue weighted by molar-refractivity contribution is 5.15. The monoisotopic (exact) mass is 526 g/mol. The van der Waals surface area contributed by atoms with Crippen molar-refractivity contribution in [3.63, 3.8) is 0 Å². The van der Waals surface area contributed by atoms with Crippen LogP contribution >= 0.6 is 0 Å². The Morgan fingerprint density at radius 2 is 1.46 bits per heavy atom. The van der Waals surface area contributed by atoms with Crippen LogP contribution in [0.2, 0.25) is 0 Å². The topological polar surface area (TPSA) is 49.7 Å².